The molecule has 0 radical (unpaired) electrons. The van der Waals surface area contributed by atoms with Gasteiger partial charge in [0.15, 0.2) is 18.2 Å². The van der Waals surface area contributed by atoms with Crippen LogP contribution in [0.3, 0.4) is 0 Å². The molecule has 286 valence electrons. The van der Waals surface area contributed by atoms with Gasteiger partial charge in [0, 0.05) is 24.7 Å². The first-order chi connectivity index (χ1) is 23.1. The summed E-state index contributed by atoms with van der Waals surface area (Å²) in [6.07, 6.45) is -6.78. The van der Waals surface area contributed by atoms with Crippen LogP contribution in [0.25, 0.3) is 0 Å². The van der Waals surface area contributed by atoms with Crippen molar-refractivity contribution in [2.45, 2.75) is 142 Å². The predicted molar refractivity (Wildman–Crippen MR) is 177 cm³/mol. The summed E-state index contributed by atoms with van der Waals surface area (Å²) < 4.78 is 37.1. The van der Waals surface area contributed by atoms with E-state index >= 15 is 0 Å². The molecule has 0 aromatic carbocycles. The number of esters is 2. The Hall–Kier alpha value is -2.60. The molecule has 0 unspecified atom stereocenters. The molecule has 0 aliphatic carbocycles. The van der Waals surface area contributed by atoms with Crippen molar-refractivity contribution in [3.8, 4) is 0 Å². The van der Waals surface area contributed by atoms with E-state index in [1.54, 1.807) is 34.6 Å². The topological polar surface area (TPSA) is 203 Å². The van der Waals surface area contributed by atoms with Gasteiger partial charge in [0.1, 0.15) is 35.5 Å². The minimum absolute atomic E-state index is 0.00152. The molecule has 16 nitrogen and oxygen atoms in total. The fourth-order valence-electron chi connectivity index (χ4n) is 7.90. The lowest BCUT2D eigenvalue weighted by Gasteiger charge is -2.49. The van der Waals surface area contributed by atoms with Gasteiger partial charge in [-0.3, -0.25) is 14.4 Å². The highest BCUT2D eigenvalue weighted by Crippen LogP contribution is 2.41. The van der Waals surface area contributed by atoms with Crippen molar-refractivity contribution in [1.29, 1.82) is 0 Å². The van der Waals surface area contributed by atoms with Gasteiger partial charge in [-0.2, -0.15) is 0 Å². The van der Waals surface area contributed by atoms with Crippen LogP contribution in [0.5, 0.6) is 0 Å². The highest BCUT2D eigenvalue weighted by Gasteiger charge is 2.54. The van der Waals surface area contributed by atoms with Crippen LogP contribution in [-0.4, -0.2) is 136 Å². The molecular weight excluding hydrogens is 658 g/mol. The molecule has 2 bridgehead atoms. The first-order valence-corrected chi connectivity index (χ1v) is 17.4. The summed E-state index contributed by atoms with van der Waals surface area (Å²) in [6, 6.07) is -0.317. The summed E-state index contributed by atoms with van der Waals surface area (Å²) in [5.74, 6) is -5.51. The molecule has 0 spiro atoms. The lowest BCUT2D eigenvalue weighted by atomic mass is 9.73. The molecule has 3 saturated heterocycles. The van der Waals surface area contributed by atoms with Gasteiger partial charge in [0.05, 0.1) is 47.1 Å². The Morgan fingerprint density at radius 1 is 1.10 bits per heavy atom. The normalized spacial score (nSPS) is 43.4. The smallest absolute Gasteiger partial charge is 0.387 e. The minimum Gasteiger partial charge on any atom is -0.459 e. The number of aliphatic hydroxyl groups excluding tert-OH is 1. The molecule has 3 N–H and O–H groups in total. The van der Waals surface area contributed by atoms with Gasteiger partial charge in [-0.05, 0) is 61.1 Å². The van der Waals surface area contributed by atoms with Crippen molar-refractivity contribution in [3.05, 3.63) is 4.91 Å². The summed E-state index contributed by atoms with van der Waals surface area (Å²) in [6.45, 7) is 13.5. The van der Waals surface area contributed by atoms with Crippen LogP contribution in [0.15, 0.2) is 5.10 Å². The number of ether oxygens (including phenoxy) is 6. The van der Waals surface area contributed by atoms with E-state index in [1.807, 2.05) is 25.9 Å². The van der Waals surface area contributed by atoms with Gasteiger partial charge in [-0.1, -0.05) is 27.7 Å². The highest BCUT2D eigenvalue weighted by atomic mass is 16.7. The second kappa shape index (κ2) is 16.8. The molecule has 50 heavy (non-hydrogen) atoms. The number of carbonyl (C=O) groups is 3. The summed E-state index contributed by atoms with van der Waals surface area (Å²) in [4.78, 5) is 53.4. The summed E-state index contributed by atoms with van der Waals surface area (Å²) in [5.41, 5.74) is -3.31. The van der Waals surface area contributed by atoms with Crippen molar-refractivity contribution in [1.82, 2.24) is 4.90 Å². The molecule has 3 fully saturated rings. The van der Waals surface area contributed by atoms with Gasteiger partial charge < -0.3 is 43.5 Å². The van der Waals surface area contributed by atoms with Crippen molar-refractivity contribution in [2.24, 2.45) is 28.8 Å². The summed E-state index contributed by atoms with van der Waals surface area (Å²) in [5, 5.41) is 36.9. The number of nitrogens with zero attached hydrogens (tertiary/aromatic N) is 3. The SMILES string of the molecule is CC[C@H]1OC(=O)[C@H](C)[C@@H](O)[C@H](C)[C@@H](O[C@@H]2O[C@H](C)C[C@H](N(C)C)[C@H]2OC(C)=O)[C@@]2(C)C[C@@H](C)/C(=N\[N+](=O)O)[C@H](C)[C@@H](OCC(=O)CO2)[C@]1(C)O. The zero-order valence-corrected chi connectivity index (χ0v) is 31.2. The van der Waals surface area contributed by atoms with Gasteiger partial charge in [-0.25, -0.2) is 5.21 Å². The van der Waals surface area contributed by atoms with Gasteiger partial charge in [0.25, 0.3) is 0 Å². The number of carbonyl (C=O) groups excluding carboxylic acids is 3. The Bertz CT molecular complexity index is 1260. The summed E-state index contributed by atoms with van der Waals surface area (Å²) >= 11 is 0. The molecule has 0 aromatic heterocycles. The minimum atomic E-state index is -1.93. The van der Waals surface area contributed by atoms with E-state index in [1.165, 1.54) is 20.8 Å². The van der Waals surface area contributed by atoms with E-state index in [2.05, 4.69) is 5.10 Å². The lowest BCUT2D eigenvalue weighted by molar-refractivity contribution is -0.796. The van der Waals surface area contributed by atoms with Crippen LogP contribution in [0, 0.1) is 28.6 Å². The lowest BCUT2D eigenvalue weighted by Crippen LogP contribution is -2.61. The molecule has 3 rings (SSSR count). The molecular formula is C34H58N3O13+. The monoisotopic (exact) mass is 716 g/mol. The van der Waals surface area contributed by atoms with Crippen LogP contribution >= 0.6 is 0 Å². The Morgan fingerprint density at radius 3 is 2.30 bits per heavy atom. The predicted octanol–water partition coefficient (Wildman–Crippen LogP) is 2.02. The quantitative estimate of drug-likeness (QED) is 0.266. The second-order valence-electron chi connectivity index (χ2n) is 15.0. The Labute approximate surface area is 294 Å². The van der Waals surface area contributed by atoms with Crippen molar-refractivity contribution in [3.63, 3.8) is 0 Å². The van der Waals surface area contributed by atoms with E-state index in [4.69, 9.17) is 28.4 Å². The maximum atomic E-state index is 13.7. The highest BCUT2D eigenvalue weighted by molar-refractivity contribution is 5.89. The Balaban J connectivity index is 2.31. The van der Waals surface area contributed by atoms with Crippen molar-refractivity contribution < 1.29 is 63.3 Å². The fourth-order valence-corrected chi connectivity index (χ4v) is 7.90. The number of likely N-dealkylation sites (N-methyl/N-ethyl adjacent to an activating group) is 1. The third-order valence-corrected chi connectivity index (χ3v) is 10.5. The molecule has 0 aromatic rings. The number of Topliss-reactive ketones (excluding diaryl/α,β-unsaturated/α-hetero) is 1. The third-order valence-electron chi connectivity index (χ3n) is 10.5. The maximum absolute atomic E-state index is 13.7. The third kappa shape index (κ3) is 9.43. The van der Waals surface area contributed by atoms with E-state index in [0.29, 0.717) is 6.42 Å². The van der Waals surface area contributed by atoms with Crippen LogP contribution in [0.2, 0.25) is 0 Å². The number of aliphatic hydroxyl groups is 2. The van der Waals surface area contributed by atoms with Gasteiger partial charge in [-0.15, -0.1) is 0 Å². The van der Waals surface area contributed by atoms with Crippen LogP contribution < -0.4 is 0 Å². The molecule has 3 heterocycles. The molecule has 3 aliphatic heterocycles. The summed E-state index contributed by atoms with van der Waals surface area (Å²) in [7, 11) is 3.69. The van der Waals surface area contributed by atoms with Gasteiger partial charge in [0.2, 0.25) is 0 Å². The molecule has 0 saturated carbocycles. The van der Waals surface area contributed by atoms with Crippen LogP contribution in [-0.2, 0) is 42.8 Å². The van der Waals surface area contributed by atoms with E-state index in [0.717, 1.165) is 0 Å². The largest absolute Gasteiger partial charge is 0.459 e. The number of hydrogen-bond acceptors (Lipinski definition) is 13. The molecule has 3 aliphatic rings. The van der Waals surface area contributed by atoms with Crippen molar-refractivity contribution >= 4 is 23.4 Å². The van der Waals surface area contributed by atoms with Crippen molar-refractivity contribution in [2.75, 3.05) is 27.3 Å². The van der Waals surface area contributed by atoms with Gasteiger partial charge >= 0.3 is 17.0 Å². The first-order valence-electron chi connectivity index (χ1n) is 17.4. The second-order valence-corrected chi connectivity index (χ2v) is 15.0. The first kappa shape index (κ1) is 41.8. The van der Waals surface area contributed by atoms with E-state index in [9.17, 15) is 34.7 Å². The number of fused-ring (bicyclic) bond motifs is 5. The van der Waals surface area contributed by atoms with Crippen LogP contribution in [0.1, 0.15) is 81.6 Å². The fraction of sp³-hybridized carbons (Fsp3) is 0.882. The number of cyclic esters (lactones) is 1. The van der Waals surface area contributed by atoms with E-state index in [-0.39, 0.29) is 30.7 Å². The number of hydrogen-bond donors (Lipinski definition) is 3. The molecule has 14 atom stereocenters. The zero-order valence-electron chi connectivity index (χ0n) is 31.2. The molecule has 16 heteroatoms. The number of hydrazone groups is 1. The Morgan fingerprint density at radius 2 is 1.74 bits per heavy atom. The standard InChI is InChI=1S/C34H58N3O13/c1-12-25-34(9,42)30-19(4)26(35-37(43)44)17(2)14-33(8,46-16-23(39)15-45-30)29(20(5)27(40)21(6)31(41)49-25)50-32-28(48-22(7)38)24(36(10)11)13-18(3)47-32/h17-21,24-25,27-30,32,40,42H,12-16H2,1-11H3,(H,43,44)/q+1/b35-26+/t17-,18-,19+,20+,21-,24+,25-,27+,28-,29-,30-,32+,33-,34-/m1/s1. The van der Waals surface area contributed by atoms with Crippen LogP contribution in [0.4, 0.5) is 0 Å². The molecule has 0 amide bonds. The maximum Gasteiger partial charge on any atom is 0.387 e. The zero-order chi connectivity index (χ0) is 37.9. The Kier molecular flexibility index (Phi) is 14.1. The average molecular weight is 717 g/mol. The number of ketones is 1. The van der Waals surface area contributed by atoms with E-state index < -0.39 is 108 Å². The average Bonchev–Trinajstić information content (AvgIpc) is 3.03. The number of rotatable bonds is 6.